The first-order valence-corrected chi connectivity index (χ1v) is 9.75. The third kappa shape index (κ3) is 3.93. The second-order valence-electron chi connectivity index (χ2n) is 6.04. The molecule has 1 N–H and O–H groups in total. The summed E-state index contributed by atoms with van der Waals surface area (Å²) in [7, 11) is -3.53. The monoisotopic (exact) mass is 338 g/mol. The van der Waals surface area contributed by atoms with Crippen molar-refractivity contribution < 1.29 is 13.2 Å². The van der Waals surface area contributed by atoms with E-state index in [2.05, 4.69) is 5.32 Å². The first-order chi connectivity index (χ1) is 10.9. The first-order valence-electron chi connectivity index (χ1n) is 8.31. The number of carbonyl (C=O) groups is 1. The molecule has 5 nitrogen and oxygen atoms in total. The van der Waals surface area contributed by atoms with Gasteiger partial charge in [-0.2, -0.15) is 4.31 Å². The fourth-order valence-electron chi connectivity index (χ4n) is 3.09. The smallest absolute Gasteiger partial charge is 0.243 e. The van der Waals surface area contributed by atoms with Gasteiger partial charge in [0, 0.05) is 24.7 Å². The number of amides is 1. The number of anilines is 1. The van der Waals surface area contributed by atoms with E-state index in [0.717, 1.165) is 25.7 Å². The SMILES string of the molecule is CCN(CC)S(=O)(=O)c1cc(NC(=O)C2CCCC2)ccc1C. The molecular weight excluding hydrogens is 312 g/mol. The Morgan fingerprint density at radius 3 is 2.39 bits per heavy atom. The van der Waals surface area contributed by atoms with Crippen LogP contribution in [0, 0.1) is 12.8 Å². The minimum absolute atomic E-state index is 0.00228. The molecule has 0 atom stereocenters. The van der Waals surface area contributed by atoms with Crippen LogP contribution in [0.3, 0.4) is 0 Å². The lowest BCUT2D eigenvalue weighted by Gasteiger charge is -2.20. The summed E-state index contributed by atoms with van der Waals surface area (Å²) in [6.45, 7) is 6.27. The molecule has 1 aromatic rings. The average molecular weight is 338 g/mol. The lowest BCUT2D eigenvalue weighted by atomic mass is 10.1. The van der Waals surface area contributed by atoms with Crippen LogP contribution < -0.4 is 5.32 Å². The summed E-state index contributed by atoms with van der Waals surface area (Å²) in [4.78, 5) is 12.5. The lowest BCUT2D eigenvalue weighted by Crippen LogP contribution is -2.31. The number of aryl methyl sites for hydroxylation is 1. The lowest BCUT2D eigenvalue weighted by molar-refractivity contribution is -0.119. The Morgan fingerprint density at radius 2 is 1.83 bits per heavy atom. The maximum atomic E-state index is 12.7. The molecule has 0 aliphatic heterocycles. The maximum Gasteiger partial charge on any atom is 0.243 e. The van der Waals surface area contributed by atoms with E-state index in [1.807, 2.05) is 13.8 Å². The Bertz CT molecular complexity index is 660. The van der Waals surface area contributed by atoms with Gasteiger partial charge in [0.1, 0.15) is 0 Å². The van der Waals surface area contributed by atoms with E-state index < -0.39 is 10.0 Å². The van der Waals surface area contributed by atoms with Gasteiger partial charge in [-0.15, -0.1) is 0 Å². The van der Waals surface area contributed by atoms with Crippen LogP contribution in [-0.4, -0.2) is 31.7 Å². The van der Waals surface area contributed by atoms with Gasteiger partial charge in [0.25, 0.3) is 0 Å². The van der Waals surface area contributed by atoms with Crippen molar-refractivity contribution in [3.05, 3.63) is 23.8 Å². The highest BCUT2D eigenvalue weighted by atomic mass is 32.2. The Labute approximate surface area is 139 Å². The number of hydrogen-bond acceptors (Lipinski definition) is 3. The topological polar surface area (TPSA) is 66.5 Å². The summed E-state index contributed by atoms with van der Waals surface area (Å²) < 4.78 is 26.9. The van der Waals surface area contributed by atoms with E-state index >= 15 is 0 Å². The zero-order valence-corrected chi connectivity index (χ0v) is 14.9. The molecule has 128 valence electrons. The molecule has 0 unspecified atom stereocenters. The quantitative estimate of drug-likeness (QED) is 0.866. The molecule has 2 rings (SSSR count). The summed E-state index contributed by atoms with van der Waals surface area (Å²) in [6.07, 6.45) is 4.02. The van der Waals surface area contributed by atoms with Crippen LogP contribution in [0.5, 0.6) is 0 Å². The number of sulfonamides is 1. The Morgan fingerprint density at radius 1 is 1.22 bits per heavy atom. The minimum atomic E-state index is -3.53. The summed E-state index contributed by atoms with van der Waals surface area (Å²) in [5.74, 6) is 0.0525. The van der Waals surface area contributed by atoms with Gasteiger partial charge >= 0.3 is 0 Å². The van der Waals surface area contributed by atoms with Crippen LogP contribution in [-0.2, 0) is 14.8 Å². The Hall–Kier alpha value is -1.40. The van der Waals surface area contributed by atoms with Gasteiger partial charge in [-0.25, -0.2) is 8.42 Å². The summed E-state index contributed by atoms with van der Waals surface area (Å²) >= 11 is 0. The first kappa shape index (κ1) is 17.9. The largest absolute Gasteiger partial charge is 0.326 e. The highest BCUT2D eigenvalue weighted by molar-refractivity contribution is 7.89. The second kappa shape index (κ2) is 7.45. The molecule has 0 bridgehead atoms. The minimum Gasteiger partial charge on any atom is -0.326 e. The molecule has 1 fully saturated rings. The normalized spacial score (nSPS) is 16.0. The van der Waals surface area contributed by atoms with Crippen molar-refractivity contribution in [2.24, 2.45) is 5.92 Å². The van der Waals surface area contributed by atoms with Crippen LogP contribution in [0.1, 0.15) is 45.1 Å². The van der Waals surface area contributed by atoms with Crippen LogP contribution in [0.4, 0.5) is 5.69 Å². The molecule has 6 heteroatoms. The van der Waals surface area contributed by atoms with Crippen molar-refractivity contribution in [1.82, 2.24) is 4.31 Å². The standard InChI is InChI=1S/C17H26N2O3S/c1-4-19(5-2)23(21,22)16-12-15(11-10-13(16)3)18-17(20)14-8-6-7-9-14/h10-12,14H,4-9H2,1-3H3,(H,18,20). The predicted molar refractivity (Wildman–Crippen MR) is 91.9 cm³/mol. The third-order valence-corrected chi connectivity index (χ3v) is 6.70. The average Bonchev–Trinajstić information content (AvgIpc) is 3.04. The number of benzene rings is 1. The zero-order chi connectivity index (χ0) is 17.0. The molecule has 1 amide bonds. The molecule has 0 aromatic heterocycles. The van der Waals surface area contributed by atoms with Gasteiger partial charge in [0.2, 0.25) is 15.9 Å². The molecule has 23 heavy (non-hydrogen) atoms. The molecule has 0 radical (unpaired) electrons. The van der Waals surface area contributed by atoms with Gasteiger partial charge in [0.05, 0.1) is 4.90 Å². The van der Waals surface area contributed by atoms with E-state index in [-0.39, 0.29) is 16.7 Å². The van der Waals surface area contributed by atoms with Crippen molar-refractivity contribution in [2.45, 2.75) is 51.3 Å². The van der Waals surface area contributed by atoms with Gasteiger partial charge in [0.15, 0.2) is 0 Å². The van der Waals surface area contributed by atoms with Crippen LogP contribution in [0.25, 0.3) is 0 Å². The molecule has 1 saturated carbocycles. The summed E-state index contributed by atoms with van der Waals surface area (Å²) in [5, 5.41) is 2.88. The van der Waals surface area contributed by atoms with E-state index in [4.69, 9.17) is 0 Å². The second-order valence-corrected chi connectivity index (χ2v) is 7.95. The molecule has 0 spiro atoms. The molecule has 1 aromatic carbocycles. The predicted octanol–water partition coefficient (Wildman–Crippen LogP) is 3.15. The number of nitrogens with one attached hydrogen (secondary N) is 1. The van der Waals surface area contributed by atoms with Crippen molar-refractivity contribution in [3.8, 4) is 0 Å². The maximum absolute atomic E-state index is 12.7. The van der Waals surface area contributed by atoms with Crippen molar-refractivity contribution in [2.75, 3.05) is 18.4 Å². The highest BCUT2D eigenvalue weighted by Gasteiger charge is 2.25. The van der Waals surface area contributed by atoms with Crippen molar-refractivity contribution >= 4 is 21.6 Å². The fraction of sp³-hybridized carbons (Fsp3) is 0.588. The van der Waals surface area contributed by atoms with Gasteiger partial charge < -0.3 is 5.32 Å². The van der Waals surface area contributed by atoms with Crippen LogP contribution in [0.2, 0.25) is 0 Å². The number of carbonyl (C=O) groups excluding carboxylic acids is 1. The molecular formula is C17H26N2O3S. The van der Waals surface area contributed by atoms with E-state index in [9.17, 15) is 13.2 Å². The van der Waals surface area contributed by atoms with E-state index in [1.165, 1.54) is 4.31 Å². The molecule has 1 aliphatic rings. The fourth-order valence-corrected chi connectivity index (χ4v) is 4.80. The zero-order valence-electron chi connectivity index (χ0n) is 14.1. The summed E-state index contributed by atoms with van der Waals surface area (Å²) in [5.41, 5.74) is 1.24. The van der Waals surface area contributed by atoms with Gasteiger partial charge in [-0.05, 0) is 37.5 Å². The summed E-state index contributed by atoms with van der Waals surface area (Å²) in [6, 6.07) is 5.10. The van der Waals surface area contributed by atoms with E-state index in [1.54, 1.807) is 25.1 Å². The van der Waals surface area contributed by atoms with Crippen LogP contribution >= 0.6 is 0 Å². The molecule has 0 saturated heterocycles. The molecule has 1 aliphatic carbocycles. The molecule has 0 heterocycles. The van der Waals surface area contributed by atoms with Crippen LogP contribution in [0.15, 0.2) is 23.1 Å². The Balaban J connectivity index is 2.26. The highest BCUT2D eigenvalue weighted by Crippen LogP contribution is 2.27. The van der Waals surface area contributed by atoms with E-state index in [0.29, 0.717) is 24.3 Å². The Kier molecular flexibility index (Phi) is 5.81. The van der Waals surface area contributed by atoms with Crippen molar-refractivity contribution in [1.29, 1.82) is 0 Å². The number of rotatable bonds is 6. The van der Waals surface area contributed by atoms with Gasteiger partial charge in [-0.3, -0.25) is 4.79 Å². The number of hydrogen-bond donors (Lipinski definition) is 1. The van der Waals surface area contributed by atoms with Crippen molar-refractivity contribution in [3.63, 3.8) is 0 Å². The number of nitrogens with zero attached hydrogens (tertiary/aromatic N) is 1. The van der Waals surface area contributed by atoms with Gasteiger partial charge in [-0.1, -0.05) is 32.8 Å². The third-order valence-electron chi connectivity index (χ3n) is 4.50.